The predicted octanol–water partition coefficient (Wildman–Crippen LogP) is 22.8. The van der Waals surface area contributed by atoms with E-state index in [1.807, 2.05) is 0 Å². The highest BCUT2D eigenvalue weighted by Gasteiger charge is 2.19. The molecule has 0 fully saturated rings. The first-order valence-corrected chi connectivity index (χ1v) is 33.2. The van der Waals surface area contributed by atoms with Gasteiger partial charge in [-0.1, -0.05) is 279 Å². The summed E-state index contributed by atoms with van der Waals surface area (Å²) in [5, 5.41) is 0. The molecule has 78 heavy (non-hydrogen) atoms. The standard InChI is InChI=1S/C72H124O6/c1-4-7-10-13-16-19-22-25-27-28-29-30-31-32-33-34-35-36-37-38-39-40-41-42-43-44-46-47-50-53-56-59-62-65-71(74)77-68-69(67-76-70(73)64-61-58-55-52-49-24-21-18-15-12-9-6-3)78-72(75)66-63-60-57-54-51-48-45-26-23-20-17-14-11-8-5-2/h8,11,17-18,20-22,25-26,28-29,31-32,45,51,54,69H,4-7,9-10,12-16,19,23-24,27,30,33-44,46-50,52-53,55-68H2,1-3H3/b11-8-,20-17-,21-18-,25-22-,29-28-,32-31-,45-26-,54-51-. The molecule has 0 aromatic rings. The van der Waals surface area contributed by atoms with E-state index in [-0.39, 0.29) is 37.5 Å². The quantitative estimate of drug-likeness (QED) is 0.0261. The van der Waals surface area contributed by atoms with Crippen LogP contribution in [-0.4, -0.2) is 37.2 Å². The van der Waals surface area contributed by atoms with E-state index in [4.69, 9.17) is 14.2 Å². The van der Waals surface area contributed by atoms with Gasteiger partial charge in [0.2, 0.25) is 0 Å². The fraction of sp³-hybridized carbons (Fsp3) is 0.736. The molecule has 6 heteroatoms. The zero-order valence-electron chi connectivity index (χ0n) is 51.4. The Bertz CT molecular complexity index is 1530. The summed E-state index contributed by atoms with van der Waals surface area (Å²) in [6, 6.07) is 0. The molecule has 0 spiro atoms. The molecule has 0 saturated carbocycles. The van der Waals surface area contributed by atoms with Crippen LogP contribution in [-0.2, 0) is 28.6 Å². The van der Waals surface area contributed by atoms with Gasteiger partial charge >= 0.3 is 17.9 Å². The zero-order chi connectivity index (χ0) is 56.4. The molecule has 0 aromatic heterocycles. The summed E-state index contributed by atoms with van der Waals surface area (Å²) in [5.41, 5.74) is 0. The molecule has 0 saturated heterocycles. The van der Waals surface area contributed by atoms with Crippen molar-refractivity contribution < 1.29 is 28.6 Å². The Balaban J connectivity index is 4.15. The lowest BCUT2D eigenvalue weighted by atomic mass is 10.0. The number of unbranched alkanes of at least 4 members (excludes halogenated alkanes) is 33. The predicted molar refractivity (Wildman–Crippen MR) is 339 cm³/mol. The minimum absolute atomic E-state index is 0.0948. The van der Waals surface area contributed by atoms with E-state index in [0.717, 1.165) is 96.3 Å². The van der Waals surface area contributed by atoms with E-state index >= 15 is 0 Å². The van der Waals surface area contributed by atoms with Crippen LogP contribution in [0.4, 0.5) is 0 Å². The molecule has 0 aliphatic rings. The molecule has 1 atom stereocenters. The number of carbonyl (C=O) groups is 3. The van der Waals surface area contributed by atoms with Gasteiger partial charge in [-0.15, -0.1) is 0 Å². The molecule has 448 valence electrons. The normalized spacial score (nSPS) is 12.7. The molecule has 0 amide bonds. The second-order valence-electron chi connectivity index (χ2n) is 22.0. The van der Waals surface area contributed by atoms with E-state index in [2.05, 4.69) is 118 Å². The number of allylic oxidation sites excluding steroid dienone is 16. The van der Waals surface area contributed by atoms with Crippen molar-refractivity contribution in [1.29, 1.82) is 0 Å². The molecule has 0 heterocycles. The number of rotatable bonds is 60. The minimum atomic E-state index is -0.802. The molecule has 0 aliphatic heterocycles. The van der Waals surface area contributed by atoms with Gasteiger partial charge in [-0.3, -0.25) is 14.4 Å². The van der Waals surface area contributed by atoms with Crippen LogP contribution in [0.5, 0.6) is 0 Å². The Morgan fingerprint density at radius 1 is 0.269 bits per heavy atom. The van der Waals surface area contributed by atoms with Gasteiger partial charge in [0.1, 0.15) is 13.2 Å². The summed E-state index contributed by atoms with van der Waals surface area (Å²) >= 11 is 0. The highest BCUT2D eigenvalue weighted by atomic mass is 16.6. The van der Waals surface area contributed by atoms with Crippen LogP contribution in [0.25, 0.3) is 0 Å². The first kappa shape index (κ1) is 74.3. The topological polar surface area (TPSA) is 78.9 Å². The molecular weight excluding hydrogens is 961 g/mol. The number of hydrogen-bond donors (Lipinski definition) is 0. The fourth-order valence-electron chi connectivity index (χ4n) is 9.32. The van der Waals surface area contributed by atoms with E-state index in [1.165, 1.54) is 180 Å². The average molecular weight is 1090 g/mol. The van der Waals surface area contributed by atoms with Crippen molar-refractivity contribution in [1.82, 2.24) is 0 Å². The first-order chi connectivity index (χ1) is 38.5. The van der Waals surface area contributed by atoms with E-state index < -0.39 is 6.10 Å². The highest BCUT2D eigenvalue weighted by Crippen LogP contribution is 2.17. The maximum absolute atomic E-state index is 12.9. The van der Waals surface area contributed by atoms with Gasteiger partial charge in [0, 0.05) is 19.3 Å². The third-order valence-electron chi connectivity index (χ3n) is 14.3. The summed E-state index contributed by atoms with van der Waals surface area (Å²) < 4.78 is 16.9. The number of carbonyl (C=O) groups excluding carboxylic acids is 3. The second-order valence-corrected chi connectivity index (χ2v) is 22.0. The molecule has 0 N–H and O–H groups in total. The zero-order valence-corrected chi connectivity index (χ0v) is 51.4. The van der Waals surface area contributed by atoms with Crippen molar-refractivity contribution in [2.24, 2.45) is 0 Å². The third-order valence-corrected chi connectivity index (χ3v) is 14.3. The molecule has 0 aromatic carbocycles. The Morgan fingerprint density at radius 2 is 0.500 bits per heavy atom. The van der Waals surface area contributed by atoms with Gasteiger partial charge < -0.3 is 14.2 Å². The minimum Gasteiger partial charge on any atom is -0.462 e. The summed E-state index contributed by atoms with van der Waals surface area (Å²) in [7, 11) is 0. The lowest BCUT2D eigenvalue weighted by Gasteiger charge is -2.18. The van der Waals surface area contributed by atoms with Gasteiger partial charge in [-0.25, -0.2) is 0 Å². The van der Waals surface area contributed by atoms with Crippen molar-refractivity contribution in [2.45, 2.75) is 329 Å². The summed E-state index contributed by atoms with van der Waals surface area (Å²) in [5.74, 6) is -0.938. The largest absolute Gasteiger partial charge is 0.462 e. The lowest BCUT2D eigenvalue weighted by Crippen LogP contribution is -2.30. The number of esters is 3. The monoisotopic (exact) mass is 1080 g/mol. The SMILES string of the molecule is CC/C=C\C/C=C\C/C=C\C/C=C\CCCCC(=O)OC(COC(=O)CCCCCCC/C=C\CCCCC)COC(=O)CCCCCCCCCCCCCCCCCCCC/C=C\C/C=C\C/C=C\CCCCCCC. The Hall–Kier alpha value is -3.67. The van der Waals surface area contributed by atoms with E-state index in [1.54, 1.807) is 0 Å². The van der Waals surface area contributed by atoms with E-state index in [0.29, 0.717) is 19.3 Å². The number of ether oxygens (including phenoxy) is 3. The first-order valence-electron chi connectivity index (χ1n) is 33.2. The Morgan fingerprint density at radius 3 is 0.846 bits per heavy atom. The summed E-state index contributed by atoms with van der Waals surface area (Å²) in [6.07, 6.45) is 88.7. The van der Waals surface area contributed by atoms with Gasteiger partial charge in [0.25, 0.3) is 0 Å². The van der Waals surface area contributed by atoms with Crippen LogP contribution < -0.4 is 0 Å². The van der Waals surface area contributed by atoms with Crippen LogP contribution in [0.15, 0.2) is 97.2 Å². The van der Waals surface area contributed by atoms with Gasteiger partial charge in [-0.2, -0.15) is 0 Å². The van der Waals surface area contributed by atoms with Crippen LogP contribution in [0.3, 0.4) is 0 Å². The molecule has 0 rings (SSSR count). The molecule has 1 unspecified atom stereocenters. The van der Waals surface area contributed by atoms with Crippen LogP contribution in [0, 0.1) is 0 Å². The molecule has 0 aliphatic carbocycles. The molecule has 6 nitrogen and oxygen atoms in total. The van der Waals surface area contributed by atoms with Gasteiger partial charge in [0.05, 0.1) is 0 Å². The molecular formula is C72H124O6. The maximum Gasteiger partial charge on any atom is 0.306 e. The maximum atomic E-state index is 12.9. The second kappa shape index (κ2) is 65.8. The van der Waals surface area contributed by atoms with E-state index in [9.17, 15) is 14.4 Å². The van der Waals surface area contributed by atoms with Gasteiger partial charge in [-0.05, 0) is 122 Å². The molecule has 0 bridgehead atoms. The molecule has 0 radical (unpaired) electrons. The highest BCUT2D eigenvalue weighted by molar-refractivity contribution is 5.71. The smallest absolute Gasteiger partial charge is 0.306 e. The van der Waals surface area contributed by atoms with Crippen molar-refractivity contribution in [3.63, 3.8) is 0 Å². The Kier molecular flexibility index (Phi) is 62.7. The Labute approximate surface area is 483 Å². The van der Waals surface area contributed by atoms with Crippen molar-refractivity contribution in [3.05, 3.63) is 97.2 Å². The summed E-state index contributed by atoms with van der Waals surface area (Å²) in [6.45, 7) is 6.47. The van der Waals surface area contributed by atoms with Crippen LogP contribution >= 0.6 is 0 Å². The lowest BCUT2D eigenvalue weighted by molar-refractivity contribution is -0.167. The third kappa shape index (κ3) is 63.2. The summed E-state index contributed by atoms with van der Waals surface area (Å²) in [4.78, 5) is 38.2. The fourth-order valence-corrected chi connectivity index (χ4v) is 9.32. The van der Waals surface area contributed by atoms with Crippen molar-refractivity contribution in [3.8, 4) is 0 Å². The van der Waals surface area contributed by atoms with Crippen LogP contribution in [0.2, 0.25) is 0 Å². The van der Waals surface area contributed by atoms with Crippen molar-refractivity contribution in [2.75, 3.05) is 13.2 Å². The van der Waals surface area contributed by atoms with Crippen molar-refractivity contribution >= 4 is 17.9 Å². The van der Waals surface area contributed by atoms with Gasteiger partial charge in [0.15, 0.2) is 6.10 Å². The van der Waals surface area contributed by atoms with Crippen LogP contribution in [0.1, 0.15) is 323 Å². The number of hydrogen-bond acceptors (Lipinski definition) is 6. The average Bonchev–Trinajstić information content (AvgIpc) is 3.44.